The topological polar surface area (TPSA) is 59.4 Å². The van der Waals surface area contributed by atoms with Gasteiger partial charge in [-0.25, -0.2) is 4.98 Å². The van der Waals surface area contributed by atoms with Crippen LogP contribution in [0.3, 0.4) is 0 Å². The summed E-state index contributed by atoms with van der Waals surface area (Å²) in [5, 5.41) is 3.18. The maximum atomic E-state index is 12.6. The van der Waals surface area contributed by atoms with Crippen LogP contribution in [0.25, 0.3) is 0 Å². The molecule has 6 heteroatoms. The van der Waals surface area contributed by atoms with E-state index >= 15 is 0 Å². The lowest BCUT2D eigenvalue weighted by Gasteiger charge is -2.30. The third-order valence-electron chi connectivity index (χ3n) is 5.20. The third-order valence-corrected chi connectivity index (χ3v) is 5.20. The van der Waals surface area contributed by atoms with Crippen LogP contribution in [0.5, 0.6) is 5.75 Å². The predicted molar refractivity (Wildman–Crippen MR) is 94.4 cm³/mol. The van der Waals surface area contributed by atoms with Crippen molar-refractivity contribution in [2.75, 3.05) is 19.7 Å². The van der Waals surface area contributed by atoms with E-state index in [1.165, 1.54) is 5.69 Å². The molecule has 1 aromatic heterocycles. The summed E-state index contributed by atoms with van der Waals surface area (Å²) in [5.41, 5.74) is 3.39. The van der Waals surface area contributed by atoms with Gasteiger partial charge in [0.05, 0.1) is 31.4 Å². The van der Waals surface area contributed by atoms with Crippen LogP contribution < -0.4 is 10.1 Å². The van der Waals surface area contributed by atoms with Crippen molar-refractivity contribution >= 4 is 5.91 Å². The number of benzene rings is 1. The van der Waals surface area contributed by atoms with E-state index in [2.05, 4.69) is 26.7 Å². The molecular weight excluding hydrogens is 316 g/mol. The highest BCUT2D eigenvalue weighted by Gasteiger charge is 2.25. The number of ether oxygens (including phenoxy) is 1. The van der Waals surface area contributed by atoms with Crippen LogP contribution in [0.1, 0.15) is 35.2 Å². The lowest BCUT2D eigenvalue weighted by Crippen LogP contribution is -2.43. The number of hydrogen-bond donors (Lipinski definition) is 1. The molecule has 0 saturated heterocycles. The van der Waals surface area contributed by atoms with Gasteiger partial charge in [0.15, 0.2) is 0 Å². The highest BCUT2D eigenvalue weighted by molar-refractivity contribution is 5.78. The van der Waals surface area contributed by atoms with Crippen LogP contribution in [-0.4, -0.2) is 40.1 Å². The number of para-hydroxylation sites is 1. The molecule has 3 heterocycles. The highest BCUT2D eigenvalue weighted by Crippen LogP contribution is 2.31. The van der Waals surface area contributed by atoms with Crippen LogP contribution in [0, 0.1) is 13.8 Å². The van der Waals surface area contributed by atoms with Crippen molar-refractivity contribution in [2.24, 2.45) is 0 Å². The Bertz CT molecular complexity index is 799. The van der Waals surface area contributed by atoms with E-state index in [4.69, 9.17) is 4.74 Å². The van der Waals surface area contributed by atoms with Crippen molar-refractivity contribution in [3.05, 3.63) is 47.0 Å². The minimum absolute atomic E-state index is 0.0358. The van der Waals surface area contributed by atoms with E-state index in [-0.39, 0.29) is 11.9 Å². The quantitative estimate of drug-likeness (QED) is 0.928. The van der Waals surface area contributed by atoms with Gasteiger partial charge < -0.3 is 14.6 Å². The maximum Gasteiger partial charge on any atom is 0.234 e. The van der Waals surface area contributed by atoms with Crippen molar-refractivity contribution < 1.29 is 9.53 Å². The zero-order valence-corrected chi connectivity index (χ0v) is 14.8. The number of nitrogens with one attached hydrogen (secondary N) is 1. The number of rotatable bonds is 3. The number of hydrogen-bond acceptors (Lipinski definition) is 4. The molecule has 2 aliphatic rings. The number of nitrogens with zero attached hydrogens (tertiary/aromatic N) is 3. The second kappa shape index (κ2) is 6.52. The van der Waals surface area contributed by atoms with Crippen molar-refractivity contribution in [2.45, 2.75) is 39.4 Å². The summed E-state index contributed by atoms with van der Waals surface area (Å²) in [7, 11) is 0. The molecule has 1 atom stereocenters. The van der Waals surface area contributed by atoms with Crippen molar-refractivity contribution in [1.29, 1.82) is 0 Å². The average molecular weight is 340 g/mol. The molecular formula is C19H24N4O2. The summed E-state index contributed by atoms with van der Waals surface area (Å²) >= 11 is 0. The van der Waals surface area contributed by atoms with Crippen LogP contribution in [0.15, 0.2) is 24.3 Å². The van der Waals surface area contributed by atoms with Gasteiger partial charge in [-0.2, -0.15) is 0 Å². The van der Waals surface area contributed by atoms with E-state index in [0.717, 1.165) is 48.9 Å². The summed E-state index contributed by atoms with van der Waals surface area (Å²) in [6.07, 6.45) is 0.811. The van der Waals surface area contributed by atoms with Crippen LogP contribution in [-0.2, 0) is 17.9 Å². The van der Waals surface area contributed by atoms with Gasteiger partial charge in [0.2, 0.25) is 5.91 Å². The first kappa shape index (κ1) is 16.1. The molecule has 0 bridgehead atoms. The third kappa shape index (κ3) is 3.14. The second-order valence-electron chi connectivity index (χ2n) is 6.86. The number of carbonyl (C=O) groups excluding carboxylic acids is 1. The lowest BCUT2D eigenvalue weighted by atomic mass is 10.0. The van der Waals surface area contributed by atoms with E-state index in [9.17, 15) is 4.79 Å². The molecule has 0 fully saturated rings. The Morgan fingerprint density at radius 1 is 1.32 bits per heavy atom. The Balaban J connectivity index is 1.39. The average Bonchev–Trinajstić information content (AvgIpc) is 2.89. The molecule has 0 spiro atoms. The molecule has 1 N–H and O–H groups in total. The Kier molecular flexibility index (Phi) is 4.21. The monoisotopic (exact) mass is 340 g/mol. The number of fused-ring (bicyclic) bond motifs is 2. The molecule has 2 aliphatic heterocycles. The summed E-state index contributed by atoms with van der Waals surface area (Å²) in [6, 6.07) is 7.98. The largest absolute Gasteiger partial charge is 0.493 e. The van der Waals surface area contributed by atoms with Crippen molar-refractivity contribution in [3.8, 4) is 5.75 Å². The molecule has 0 saturated carbocycles. The van der Waals surface area contributed by atoms with E-state index in [0.29, 0.717) is 13.2 Å². The summed E-state index contributed by atoms with van der Waals surface area (Å²) < 4.78 is 7.93. The van der Waals surface area contributed by atoms with Gasteiger partial charge >= 0.3 is 0 Å². The fourth-order valence-electron chi connectivity index (χ4n) is 3.73. The minimum Gasteiger partial charge on any atom is -0.493 e. The zero-order valence-electron chi connectivity index (χ0n) is 14.8. The van der Waals surface area contributed by atoms with Gasteiger partial charge in [-0.3, -0.25) is 9.69 Å². The van der Waals surface area contributed by atoms with Gasteiger partial charge in [-0.15, -0.1) is 0 Å². The van der Waals surface area contributed by atoms with Crippen molar-refractivity contribution in [3.63, 3.8) is 0 Å². The molecule has 0 radical (unpaired) electrons. The summed E-state index contributed by atoms with van der Waals surface area (Å²) in [4.78, 5) is 19.3. The predicted octanol–water partition coefficient (Wildman–Crippen LogP) is 1.96. The van der Waals surface area contributed by atoms with Crippen molar-refractivity contribution in [1.82, 2.24) is 19.8 Å². The van der Waals surface area contributed by atoms with Gasteiger partial charge in [0.25, 0.3) is 0 Å². The minimum atomic E-state index is 0.0358. The number of carbonyl (C=O) groups is 1. The summed E-state index contributed by atoms with van der Waals surface area (Å²) in [6.45, 7) is 7.70. The molecule has 4 rings (SSSR count). The van der Waals surface area contributed by atoms with E-state index in [1.807, 2.05) is 31.2 Å². The second-order valence-corrected chi connectivity index (χ2v) is 6.86. The Morgan fingerprint density at radius 3 is 3.04 bits per heavy atom. The Labute approximate surface area is 147 Å². The molecule has 0 unspecified atom stereocenters. The molecule has 0 aliphatic carbocycles. The fraction of sp³-hybridized carbons (Fsp3) is 0.474. The van der Waals surface area contributed by atoms with Gasteiger partial charge in [0, 0.05) is 30.8 Å². The number of imidazole rings is 1. The normalized spacial score (nSPS) is 19.7. The summed E-state index contributed by atoms with van der Waals surface area (Å²) in [5.74, 6) is 2.01. The molecule has 6 nitrogen and oxygen atoms in total. The van der Waals surface area contributed by atoms with Crippen LogP contribution in [0.4, 0.5) is 0 Å². The first-order chi connectivity index (χ1) is 12.1. The Morgan fingerprint density at radius 2 is 2.16 bits per heavy atom. The van der Waals surface area contributed by atoms with E-state index in [1.54, 1.807) is 0 Å². The molecule has 132 valence electrons. The smallest absolute Gasteiger partial charge is 0.234 e. The fourth-order valence-corrected chi connectivity index (χ4v) is 3.73. The number of aromatic nitrogens is 2. The molecule has 2 aromatic rings. The highest BCUT2D eigenvalue weighted by atomic mass is 16.5. The van der Waals surface area contributed by atoms with Crippen LogP contribution in [0.2, 0.25) is 0 Å². The number of aryl methyl sites for hydroxylation is 1. The van der Waals surface area contributed by atoms with Gasteiger partial charge in [0.1, 0.15) is 11.6 Å². The van der Waals surface area contributed by atoms with E-state index < -0.39 is 0 Å². The first-order valence-electron chi connectivity index (χ1n) is 8.88. The SMILES string of the molecule is Cc1nc2n(c1C)CCN(CC(=O)N[C@@H]1CCOc3ccccc31)C2. The molecule has 25 heavy (non-hydrogen) atoms. The Hall–Kier alpha value is -2.34. The standard InChI is InChI=1S/C19H24N4O2/c1-13-14(2)23-9-8-22(11-18(23)20-13)12-19(24)21-16-7-10-25-17-6-4-3-5-15(16)17/h3-6,16H,7-12H2,1-2H3,(H,21,24)/t16-/m1/s1. The molecule has 1 amide bonds. The van der Waals surface area contributed by atoms with Gasteiger partial charge in [-0.1, -0.05) is 18.2 Å². The lowest BCUT2D eigenvalue weighted by molar-refractivity contribution is -0.123. The zero-order chi connectivity index (χ0) is 17.4. The van der Waals surface area contributed by atoms with Gasteiger partial charge in [-0.05, 0) is 19.9 Å². The number of amides is 1. The van der Waals surface area contributed by atoms with Crippen LogP contribution >= 0.6 is 0 Å². The maximum absolute atomic E-state index is 12.6. The first-order valence-corrected chi connectivity index (χ1v) is 8.88. The molecule has 1 aromatic carbocycles.